The maximum absolute atomic E-state index is 12.5. The minimum absolute atomic E-state index is 0.251. The Balaban J connectivity index is 1.63. The van der Waals surface area contributed by atoms with E-state index in [9.17, 15) is 13.2 Å². The summed E-state index contributed by atoms with van der Waals surface area (Å²) in [5, 5.41) is 5.65. The number of hydrogen-bond acceptors (Lipinski definition) is 5. The molecule has 134 valence electrons. The van der Waals surface area contributed by atoms with Crippen molar-refractivity contribution in [2.45, 2.75) is 31.8 Å². The van der Waals surface area contributed by atoms with E-state index in [1.54, 1.807) is 0 Å². The summed E-state index contributed by atoms with van der Waals surface area (Å²) in [5.74, 6) is -0.251. The largest absolute Gasteiger partial charge is 0.349 e. The van der Waals surface area contributed by atoms with Crippen LogP contribution in [0.5, 0.6) is 0 Å². The fourth-order valence-electron chi connectivity index (χ4n) is 2.96. The quantitative estimate of drug-likeness (QED) is 0.864. The third-order valence-corrected chi connectivity index (χ3v) is 6.43. The first kappa shape index (κ1) is 18.0. The van der Waals surface area contributed by atoms with Gasteiger partial charge in [-0.1, -0.05) is 36.8 Å². The summed E-state index contributed by atoms with van der Waals surface area (Å²) < 4.78 is 25.0. The van der Waals surface area contributed by atoms with Crippen LogP contribution < -0.4 is 5.32 Å². The number of rotatable bonds is 5. The monoisotopic (exact) mass is 379 g/mol. The third kappa shape index (κ3) is 4.45. The first-order valence-electron chi connectivity index (χ1n) is 8.19. The van der Waals surface area contributed by atoms with E-state index in [0.717, 1.165) is 35.4 Å². The van der Waals surface area contributed by atoms with E-state index in [1.165, 1.54) is 15.6 Å². The van der Waals surface area contributed by atoms with E-state index in [2.05, 4.69) is 10.3 Å². The van der Waals surface area contributed by atoms with Crippen molar-refractivity contribution in [3.63, 3.8) is 0 Å². The number of piperidine rings is 1. The molecule has 2 heterocycles. The van der Waals surface area contributed by atoms with E-state index in [1.807, 2.05) is 35.7 Å². The molecule has 8 heteroatoms. The van der Waals surface area contributed by atoms with Crippen molar-refractivity contribution in [1.29, 1.82) is 0 Å². The van der Waals surface area contributed by atoms with Crippen LogP contribution in [0.1, 0.15) is 25.0 Å². The number of carbonyl (C=O) groups excluding carboxylic acids is 1. The second-order valence-corrected chi connectivity index (χ2v) is 8.91. The van der Waals surface area contributed by atoms with E-state index in [-0.39, 0.29) is 5.91 Å². The van der Waals surface area contributed by atoms with Gasteiger partial charge in [0.15, 0.2) is 0 Å². The fourth-order valence-corrected chi connectivity index (χ4v) is 4.91. The van der Waals surface area contributed by atoms with Gasteiger partial charge in [0, 0.05) is 17.5 Å². The molecule has 0 bridgehead atoms. The molecule has 25 heavy (non-hydrogen) atoms. The number of sulfonamides is 1. The molecule has 1 fully saturated rings. The van der Waals surface area contributed by atoms with Gasteiger partial charge in [-0.3, -0.25) is 4.79 Å². The first-order chi connectivity index (χ1) is 11.9. The van der Waals surface area contributed by atoms with Gasteiger partial charge in [-0.15, -0.1) is 11.3 Å². The number of benzene rings is 1. The maximum Gasteiger partial charge on any atom is 0.238 e. The first-order valence-corrected chi connectivity index (χ1v) is 10.9. The van der Waals surface area contributed by atoms with Gasteiger partial charge in [-0.05, 0) is 12.8 Å². The molecule has 0 aliphatic carbocycles. The van der Waals surface area contributed by atoms with E-state index < -0.39 is 16.1 Å². The molecule has 1 saturated heterocycles. The van der Waals surface area contributed by atoms with Gasteiger partial charge >= 0.3 is 0 Å². The van der Waals surface area contributed by atoms with Crippen molar-refractivity contribution >= 4 is 27.3 Å². The number of nitrogens with zero attached hydrogens (tertiary/aromatic N) is 2. The number of aromatic nitrogens is 1. The Morgan fingerprint density at radius 1 is 1.32 bits per heavy atom. The fraction of sp³-hybridized carbons (Fsp3) is 0.412. The van der Waals surface area contributed by atoms with Gasteiger partial charge in [0.1, 0.15) is 11.0 Å². The molecule has 1 amide bonds. The van der Waals surface area contributed by atoms with Gasteiger partial charge in [-0.2, -0.15) is 4.31 Å². The summed E-state index contributed by atoms with van der Waals surface area (Å²) in [6.45, 7) is 0.710. The van der Waals surface area contributed by atoms with Crippen LogP contribution >= 0.6 is 11.3 Å². The zero-order valence-corrected chi connectivity index (χ0v) is 15.6. The van der Waals surface area contributed by atoms with Crippen molar-refractivity contribution in [3.8, 4) is 10.6 Å². The molecule has 1 aromatic carbocycles. The highest BCUT2D eigenvalue weighted by Crippen LogP contribution is 2.23. The van der Waals surface area contributed by atoms with Crippen LogP contribution in [0.3, 0.4) is 0 Å². The summed E-state index contributed by atoms with van der Waals surface area (Å²) in [6.07, 6.45) is 3.37. The topological polar surface area (TPSA) is 79.4 Å². The summed E-state index contributed by atoms with van der Waals surface area (Å²) in [6, 6.07) is 9.24. The molecule has 0 saturated carbocycles. The van der Waals surface area contributed by atoms with Crippen LogP contribution in [-0.4, -0.2) is 42.5 Å². The van der Waals surface area contributed by atoms with Crippen molar-refractivity contribution < 1.29 is 13.2 Å². The molecule has 3 rings (SSSR count). The standard InChI is InChI=1S/C17H21N3O3S2/c1-25(22,23)20-10-6-5-9-15(20)16(21)18-11-14-12-24-17(19-14)13-7-3-2-4-8-13/h2-4,7-8,12,15H,5-6,9-11H2,1H3,(H,18,21). The van der Waals surface area contributed by atoms with Gasteiger partial charge < -0.3 is 5.32 Å². The number of thiazole rings is 1. The molecule has 1 aliphatic heterocycles. The van der Waals surface area contributed by atoms with Crippen molar-refractivity contribution in [1.82, 2.24) is 14.6 Å². The van der Waals surface area contributed by atoms with Crippen LogP contribution in [0.2, 0.25) is 0 Å². The minimum Gasteiger partial charge on any atom is -0.349 e. The Kier molecular flexibility index (Phi) is 5.51. The highest BCUT2D eigenvalue weighted by Gasteiger charge is 2.34. The van der Waals surface area contributed by atoms with Crippen LogP contribution in [-0.2, 0) is 21.4 Å². The Morgan fingerprint density at radius 3 is 2.80 bits per heavy atom. The van der Waals surface area contributed by atoms with E-state index in [4.69, 9.17) is 0 Å². The van der Waals surface area contributed by atoms with Crippen LogP contribution in [0.25, 0.3) is 10.6 Å². The number of amides is 1. The average Bonchev–Trinajstić information content (AvgIpc) is 3.09. The molecule has 2 aromatic rings. The van der Waals surface area contributed by atoms with Crippen LogP contribution in [0.4, 0.5) is 0 Å². The molecule has 0 radical (unpaired) electrons. The molecular weight excluding hydrogens is 358 g/mol. The van der Waals surface area contributed by atoms with Gasteiger partial charge in [0.25, 0.3) is 0 Å². The van der Waals surface area contributed by atoms with Crippen molar-refractivity contribution in [2.75, 3.05) is 12.8 Å². The molecule has 6 nitrogen and oxygen atoms in total. The number of hydrogen-bond donors (Lipinski definition) is 1. The molecule has 0 spiro atoms. The number of nitrogens with one attached hydrogen (secondary N) is 1. The Bertz CT molecular complexity index is 834. The van der Waals surface area contributed by atoms with E-state index >= 15 is 0 Å². The van der Waals surface area contributed by atoms with Gasteiger partial charge in [0.2, 0.25) is 15.9 Å². The van der Waals surface area contributed by atoms with Crippen LogP contribution in [0, 0.1) is 0 Å². The lowest BCUT2D eigenvalue weighted by molar-refractivity contribution is -0.125. The summed E-state index contributed by atoms with van der Waals surface area (Å²) in [4.78, 5) is 17.0. The summed E-state index contributed by atoms with van der Waals surface area (Å²) in [7, 11) is -3.38. The third-order valence-electron chi connectivity index (χ3n) is 4.20. The van der Waals surface area contributed by atoms with E-state index in [0.29, 0.717) is 19.5 Å². The molecule has 1 N–H and O–H groups in total. The Morgan fingerprint density at radius 2 is 2.08 bits per heavy atom. The molecule has 1 aliphatic rings. The molecular formula is C17H21N3O3S2. The molecule has 1 atom stereocenters. The Hall–Kier alpha value is -1.77. The van der Waals surface area contributed by atoms with Crippen molar-refractivity contribution in [2.24, 2.45) is 0 Å². The second-order valence-electron chi connectivity index (χ2n) is 6.11. The lowest BCUT2D eigenvalue weighted by Gasteiger charge is -2.32. The lowest BCUT2D eigenvalue weighted by Crippen LogP contribution is -2.51. The smallest absolute Gasteiger partial charge is 0.238 e. The van der Waals surface area contributed by atoms with Gasteiger partial charge in [-0.25, -0.2) is 13.4 Å². The predicted molar refractivity (Wildman–Crippen MR) is 98.6 cm³/mol. The summed E-state index contributed by atoms with van der Waals surface area (Å²) >= 11 is 1.53. The zero-order chi connectivity index (χ0) is 17.9. The summed E-state index contributed by atoms with van der Waals surface area (Å²) in [5.41, 5.74) is 1.82. The highest BCUT2D eigenvalue weighted by molar-refractivity contribution is 7.88. The maximum atomic E-state index is 12.5. The normalized spacial score (nSPS) is 18.8. The lowest BCUT2D eigenvalue weighted by atomic mass is 10.0. The Labute approximate surface area is 151 Å². The highest BCUT2D eigenvalue weighted by atomic mass is 32.2. The zero-order valence-electron chi connectivity index (χ0n) is 14.0. The molecule has 1 unspecified atom stereocenters. The predicted octanol–water partition coefficient (Wildman–Crippen LogP) is 2.24. The van der Waals surface area contributed by atoms with Crippen LogP contribution in [0.15, 0.2) is 35.7 Å². The van der Waals surface area contributed by atoms with Crippen molar-refractivity contribution in [3.05, 3.63) is 41.4 Å². The second kappa shape index (κ2) is 7.63. The molecule has 1 aromatic heterocycles. The number of carbonyl (C=O) groups is 1. The minimum atomic E-state index is -3.38. The average molecular weight is 380 g/mol. The van der Waals surface area contributed by atoms with Gasteiger partial charge in [0.05, 0.1) is 18.5 Å². The SMILES string of the molecule is CS(=O)(=O)N1CCCCC1C(=O)NCc1csc(-c2ccccc2)n1.